The van der Waals surface area contributed by atoms with Gasteiger partial charge in [-0.15, -0.1) is 0 Å². The lowest BCUT2D eigenvalue weighted by Gasteiger charge is -2.32. The van der Waals surface area contributed by atoms with Gasteiger partial charge < -0.3 is 13.7 Å². The smallest absolute Gasteiger partial charge is 0.455 e. The molecule has 4 nitrogen and oxygen atoms in total. The van der Waals surface area contributed by atoms with E-state index in [1.54, 1.807) is 0 Å². The zero-order valence-corrected chi connectivity index (χ0v) is 18.7. The summed E-state index contributed by atoms with van der Waals surface area (Å²) in [5.74, 6) is 0. The average molecular weight is 421 g/mol. The summed E-state index contributed by atoms with van der Waals surface area (Å²) in [5.41, 5.74) is 4.77. The third kappa shape index (κ3) is 2.82. The molecule has 5 aromatic rings. The van der Waals surface area contributed by atoms with E-state index in [0.717, 1.165) is 49.6 Å². The van der Waals surface area contributed by atoms with Gasteiger partial charge in [-0.3, -0.25) is 0 Å². The van der Waals surface area contributed by atoms with Crippen molar-refractivity contribution in [1.29, 1.82) is 0 Å². The predicted octanol–water partition coefficient (Wildman–Crippen LogP) is 6.10. The van der Waals surface area contributed by atoms with Crippen LogP contribution in [0.15, 0.2) is 77.2 Å². The number of nitrogens with zero attached hydrogens (tertiary/aromatic N) is 1. The molecular weight excluding hydrogens is 397 g/mol. The molecule has 1 aliphatic heterocycles. The Kier molecular flexibility index (Phi) is 4.08. The number of para-hydroxylation sites is 2. The maximum Gasteiger partial charge on any atom is 0.494 e. The molecule has 0 aliphatic carbocycles. The van der Waals surface area contributed by atoms with Crippen LogP contribution in [0, 0.1) is 0 Å². The van der Waals surface area contributed by atoms with Crippen molar-refractivity contribution < 1.29 is 13.7 Å². The lowest BCUT2D eigenvalue weighted by atomic mass is 9.78. The van der Waals surface area contributed by atoms with E-state index in [1.807, 2.05) is 42.5 Å². The molecule has 1 saturated heterocycles. The molecule has 3 aromatic carbocycles. The molecule has 0 radical (unpaired) electrons. The number of pyridine rings is 1. The largest absolute Gasteiger partial charge is 0.494 e. The van der Waals surface area contributed by atoms with Crippen molar-refractivity contribution in [2.75, 3.05) is 0 Å². The Balaban J connectivity index is 1.58. The lowest BCUT2D eigenvalue weighted by molar-refractivity contribution is 0.00578. The zero-order valence-electron chi connectivity index (χ0n) is 18.7. The SMILES string of the molecule is CC1(C)OB(c2cccc(-c3nc4ccccc4c4oc5ccccc5c34)c2)OC1(C)C. The van der Waals surface area contributed by atoms with Gasteiger partial charge in [0.1, 0.15) is 11.2 Å². The van der Waals surface area contributed by atoms with Crippen LogP contribution in [0.4, 0.5) is 0 Å². The third-order valence-corrected chi connectivity index (χ3v) is 6.90. The first-order chi connectivity index (χ1) is 15.3. The van der Waals surface area contributed by atoms with Crippen molar-refractivity contribution in [3.63, 3.8) is 0 Å². The highest BCUT2D eigenvalue weighted by molar-refractivity contribution is 6.62. The number of furan rings is 1. The van der Waals surface area contributed by atoms with Gasteiger partial charge in [-0.05, 0) is 51.4 Å². The van der Waals surface area contributed by atoms with Gasteiger partial charge in [-0.1, -0.05) is 54.6 Å². The van der Waals surface area contributed by atoms with Gasteiger partial charge in [0, 0.05) is 16.3 Å². The first-order valence-electron chi connectivity index (χ1n) is 11.0. The maximum absolute atomic E-state index is 6.32. The van der Waals surface area contributed by atoms with Crippen molar-refractivity contribution in [2.24, 2.45) is 0 Å². The lowest BCUT2D eigenvalue weighted by Crippen LogP contribution is -2.41. The molecule has 0 saturated carbocycles. The second-order valence-corrected chi connectivity index (χ2v) is 9.49. The average Bonchev–Trinajstić information content (AvgIpc) is 3.27. The molecule has 0 amide bonds. The van der Waals surface area contributed by atoms with Crippen LogP contribution in [0.25, 0.3) is 44.1 Å². The van der Waals surface area contributed by atoms with Crippen molar-refractivity contribution in [1.82, 2.24) is 4.98 Å². The highest BCUT2D eigenvalue weighted by atomic mass is 16.7. The van der Waals surface area contributed by atoms with E-state index in [1.165, 1.54) is 0 Å². The van der Waals surface area contributed by atoms with Crippen LogP contribution in [-0.2, 0) is 9.31 Å². The van der Waals surface area contributed by atoms with E-state index in [-0.39, 0.29) is 11.2 Å². The van der Waals surface area contributed by atoms with Gasteiger partial charge in [0.2, 0.25) is 0 Å². The van der Waals surface area contributed by atoms with Gasteiger partial charge in [0.05, 0.1) is 27.8 Å². The Morgan fingerprint density at radius 1 is 0.750 bits per heavy atom. The molecule has 6 rings (SSSR count). The van der Waals surface area contributed by atoms with E-state index in [0.29, 0.717) is 0 Å². The highest BCUT2D eigenvalue weighted by Gasteiger charge is 2.51. The van der Waals surface area contributed by atoms with Crippen molar-refractivity contribution >= 4 is 45.4 Å². The molecule has 0 bridgehead atoms. The molecule has 0 unspecified atom stereocenters. The van der Waals surface area contributed by atoms with E-state index in [4.69, 9.17) is 18.7 Å². The second kappa shape index (κ2) is 6.68. The van der Waals surface area contributed by atoms with Crippen molar-refractivity contribution in [3.8, 4) is 11.3 Å². The van der Waals surface area contributed by atoms with Gasteiger partial charge in [0.25, 0.3) is 0 Å². The highest BCUT2D eigenvalue weighted by Crippen LogP contribution is 2.40. The predicted molar refractivity (Wildman–Crippen MR) is 130 cm³/mol. The molecule has 1 aliphatic rings. The Morgan fingerprint density at radius 2 is 1.44 bits per heavy atom. The zero-order chi connectivity index (χ0) is 22.1. The first-order valence-corrected chi connectivity index (χ1v) is 11.0. The first kappa shape index (κ1) is 19.5. The fraction of sp³-hybridized carbons (Fsp3) is 0.222. The Hall–Kier alpha value is -3.15. The van der Waals surface area contributed by atoms with E-state index >= 15 is 0 Å². The van der Waals surface area contributed by atoms with Crippen LogP contribution in [0.2, 0.25) is 0 Å². The maximum atomic E-state index is 6.32. The van der Waals surface area contributed by atoms with Crippen molar-refractivity contribution in [2.45, 2.75) is 38.9 Å². The van der Waals surface area contributed by atoms with E-state index in [9.17, 15) is 0 Å². The fourth-order valence-electron chi connectivity index (χ4n) is 4.43. The summed E-state index contributed by atoms with van der Waals surface area (Å²) < 4.78 is 18.9. The van der Waals surface area contributed by atoms with Gasteiger partial charge >= 0.3 is 7.12 Å². The summed E-state index contributed by atoms with van der Waals surface area (Å²) in [6, 6.07) is 24.6. The summed E-state index contributed by atoms with van der Waals surface area (Å²) in [5, 5.41) is 3.12. The fourth-order valence-corrected chi connectivity index (χ4v) is 4.43. The molecule has 0 N–H and O–H groups in total. The molecule has 0 atom stereocenters. The van der Waals surface area contributed by atoms with Gasteiger partial charge in [0.15, 0.2) is 0 Å². The molecule has 32 heavy (non-hydrogen) atoms. The quantitative estimate of drug-likeness (QED) is 0.323. The minimum absolute atomic E-state index is 0.386. The Bertz CT molecular complexity index is 1490. The Labute approximate surface area is 187 Å². The minimum atomic E-state index is -0.419. The monoisotopic (exact) mass is 421 g/mol. The van der Waals surface area contributed by atoms with Crippen LogP contribution in [0.1, 0.15) is 27.7 Å². The molecule has 2 aromatic heterocycles. The molecular formula is C27H24BNO3. The summed E-state index contributed by atoms with van der Waals surface area (Å²) in [7, 11) is -0.419. The molecule has 158 valence electrons. The molecule has 1 fully saturated rings. The van der Waals surface area contributed by atoms with Gasteiger partial charge in [-0.2, -0.15) is 0 Å². The standard InChI is InChI=1S/C27H24BNO3/c1-26(2)27(3,4)32-28(31-26)18-11-9-10-17(16-18)24-23-20-13-6-8-15-22(20)30-25(23)19-12-5-7-14-21(19)29-24/h5-16H,1-4H3. The Morgan fingerprint density at radius 3 is 2.22 bits per heavy atom. The number of aromatic nitrogens is 1. The minimum Gasteiger partial charge on any atom is -0.455 e. The summed E-state index contributed by atoms with van der Waals surface area (Å²) >= 11 is 0. The van der Waals surface area contributed by atoms with E-state index < -0.39 is 7.12 Å². The number of rotatable bonds is 2. The van der Waals surface area contributed by atoms with Crippen molar-refractivity contribution in [3.05, 3.63) is 72.8 Å². The number of hydrogen-bond donors (Lipinski definition) is 0. The normalized spacial score (nSPS) is 17.6. The van der Waals surface area contributed by atoms with Crippen LogP contribution in [0.3, 0.4) is 0 Å². The summed E-state index contributed by atoms with van der Waals surface area (Å²) in [6.45, 7) is 8.29. The third-order valence-electron chi connectivity index (χ3n) is 6.90. The summed E-state index contributed by atoms with van der Waals surface area (Å²) in [6.07, 6.45) is 0. The molecule has 0 spiro atoms. The van der Waals surface area contributed by atoms with E-state index in [2.05, 4.69) is 58.0 Å². The summed E-state index contributed by atoms with van der Waals surface area (Å²) in [4.78, 5) is 5.08. The van der Waals surface area contributed by atoms with Crippen LogP contribution < -0.4 is 5.46 Å². The number of hydrogen-bond acceptors (Lipinski definition) is 4. The van der Waals surface area contributed by atoms with Crippen LogP contribution in [0.5, 0.6) is 0 Å². The second-order valence-electron chi connectivity index (χ2n) is 9.49. The number of fused-ring (bicyclic) bond motifs is 5. The van der Waals surface area contributed by atoms with Gasteiger partial charge in [-0.25, -0.2) is 4.98 Å². The molecule has 5 heteroatoms. The number of benzene rings is 3. The molecule has 3 heterocycles. The topological polar surface area (TPSA) is 44.5 Å². The van der Waals surface area contributed by atoms with Crippen LogP contribution >= 0.6 is 0 Å². The van der Waals surface area contributed by atoms with Crippen LogP contribution in [-0.4, -0.2) is 23.3 Å².